The molecule has 0 bridgehead atoms. The zero-order valence-corrected chi connectivity index (χ0v) is 18.7. The maximum atomic E-state index is 12.7. The van der Waals surface area contributed by atoms with Gasteiger partial charge in [-0.15, -0.1) is 0 Å². The molecular formula is C21H28N2O6S. The lowest BCUT2D eigenvalue weighted by atomic mass is 10.1. The zero-order chi connectivity index (χ0) is 22.3. The normalized spacial score (nSPS) is 12.0. The Bertz CT molecular complexity index is 960. The summed E-state index contributed by atoms with van der Waals surface area (Å²) >= 11 is 0. The van der Waals surface area contributed by atoms with Crippen molar-refractivity contribution in [1.82, 2.24) is 5.32 Å². The van der Waals surface area contributed by atoms with Gasteiger partial charge in [0.15, 0.2) is 11.5 Å². The maximum absolute atomic E-state index is 12.7. The van der Waals surface area contributed by atoms with Crippen LogP contribution in [0, 0.1) is 0 Å². The molecule has 1 amide bonds. The molecule has 0 aliphatic heterocycles. The molecule has 2 aromatic rings. The first-order valence-corrected chi connectivity index (χ1v) is 11.2. The molecule has 1 N–H and O–H groups in total. The second-order valence-electron chi connectivity index (χ2n) is 6.66. The van der Waals surface area contributed by atoms with Gasteiger partial charge in [0, 0.05) is 12.6 Å². The molecule has 0 heterocycles. The number of amides is 1. The van der Waals surface area contributed by atoms with Crippen molar-refractivity contribution in [2.75, 3.05) is 38.4 Å². The number of carbonyl (C=O) groups is 1. The number of methoxy groups -OCH3 is 3. The Hall–Kier alpha value is -2.94. The smallest absolute Gasteiger partial charge is 0.243 e. The standard InChI is InChI=1S/C21H28N2O6S/c1-15(21(24)22-13-12-16-6-9-18(27-2)10-7-16)23(30(5,25)26)17-8-11-19(28-3)20(14-17)29-4/h6-11,14-15H,12-13H2,1-5H3,(H,22,24)/t15-/m1/s1. The van der Waals surface area contributed by atoms with E-state index >= 15 is 0 Å². The van der Waals surface area contributed by atoms with Crippen LogP contribution >= 0.6 is 0 Å². The largest absolute Gasteiger partial charge is 0.497 e. The molecule has 1 atom stereocenters. The van der Waals surface area contributed by atoms with Crippen LogP contribution in [0.1, 0.15) is 12.5 Å². The first-order chi connectivity index (χ1) is 14.2. The molecule has 0 saturated heterocycles. The fraction of sp³-hybridized carbons (Fsp3) is 0.381. The van der Waals surface area contributed by atoms with Crippen LogP contribution < -0.4 is 23.8 Å². The van der Waals surface area contributed by atoms with Gasteiger partial charge in [-0.05, 0) is 43.2 Å². The van der Waals surface area contributed by atoms with Crippen molar-refractivity contribution in [3.8, 4) is 17.2 Å². The van der Waals surface area contributed by atoms with Gasteiger partial charge in [-0.1, -0.05) is 12.1 Å². The van der Waals surface area contributed by atoms with Gasteiger partial charge in [0.05, 0.1) is 33.3 Å². The monoisotopic (exact) mass is 436 g/mol. The molecule has 0 spiro atoms. The van der Waals surface area contributed by atoms with Crippen molar-refractivity contribution in [2.24, 2.45) is 0 Å². The van der Waals surface area contributed by atoms with E-state index in [1.807, 2.05) is 24.3 Å². The number of nitrogens with zero attached hydrogens (tertiary/aromatic N) is 1. The Morgan fingerprint density at radius 1 is 1.00 bits per heavy atom. The predicted octanol–water partition coefficient (Wildman–Crippen LogP) is 2.23. The summed E-state index contributed by atoms with van der Waals surface area (Å²) in [5, 5.41) is 2.80. The van der Waals surface area contributed by atoms with Crippen LogP contribution in [0.25, 0.3) is 0 Å². The Balaban J connectivity index is 2.12. The number of hydrogen-bond acceptors (Lipinski definition) is 6. The number of rotatable bonds is 10. The van der Waals surface area contributed by atoms with Gasteiger partial charge in [-0.2, -0.15) is 0 Å². The van der Waals surface area contributed by atoms with Crippen molar-refractivity contribution < 1.29 is 27.4 Å². The van der Waals surface area contributed by atoms with E-state index in [1.54, 1.807) is 26.2 Å². The van der Waals surface area contributed by atoms with Crippen molar-refractivity contribution in [2.45, 2.75) is 19.4 Å². The average molecular weight is 437 g/mol. The van der Waals surface area contributed by atoms with Crippen molar-refractivity contribution in [3.05, 3.63) is 48.0 Å². The summed E-state index contributed by atoms with van der Waals surface area (Å²) in [5.41, 5.74) is 1.34. The van der Waals surface area contributed by atoms with Gasteiger partial charge in [-0.25, -0.2) is 8.42 Å². The molecule has 9 heteroatoms. The van der Waals surface area contributed by atoms with Gasteiger partial charge in [0.1, 0.15) is 11.8 Å². The van der Waals surface area contributed by atoms with E-state index in [1.165, 1.54) is 20.3 Å². The third kappa shape index (κ3) is 5.79. The summed E-state index contributed by atoms with van der Waals surface area (Å²) in [6.07, 6.45) is 1.67. The molecule has 8 nitrogen and oxygen atoms in total. The summed E-state index contributed by atoms with van der Waals surface area (Å²) in [4.78, 5) is 12.7. The first-order valence-electron chi connectivity index (χ1n) is 9.33. The van der Waals surface area contributed by atoms with Crippen molar-refractivity contribution in [1.29, 1.82) is 0 Å². The third-order valence-corrected chi connectivity index (χ3v) is 5.82. The molecule has 0 aromatic heterocycles. The van der Waals surface area contributed by atoms with Gasteiger partial charge in [-0.3, -0.25) is 9.10 Å². The molecule has 0 fully saturated rings. The number of anilines is 1. The lowest BCUT2D eigenvalue weighted by Crippen LogP contribution is -2.48. The number of carbonyl (C=O) groups excluding carboxylic acids is 1. The SMILES string of the molecule is COc1ccc(CCNC(=O)[C@@H](C)N(c2ccc(OC)c(OC)c2)S(C)(=O)=O)cc1. The molecule has 0 aliphatic rings. The topological polar surface area (TPSA) is 94.2 Å². The molecule has 30 heavy (non-hydrogen) atoms. The third-order valence-electron chi connectivity index (χ3n) is 4.58. The summed E-state index contributed by atoms with van der Waals surface area (Å²) in [6.45, 7) is 1.92. The number of ether oxygens (including phenoxy) is 3. The minimum atomic E-state index is -3.73. The molecular weight excluding hydrogens is 408 g/mol. The molecule has 0 radical (unpaired) electrons. The van der Waals surface area contributed by atoms with E-state index in [2.05, 4.69) is 5.32 Å². The Kier molecular flexibility index (Phi) is 7.93. The number of nitrogens with one attached hydrogen (secondary N) is 1. The fourth-order valence-electron chi connectivity index (χ4n) is 3.04. The molecule has 2 aromatic carbocycles. The second kappa shape index (κ2) is 10.2. The van der Waals surface area contributed by atoms with Crippen LogP contribution in [0.4, 0.5) is 5.69 Å². The Morgan fingerprint density at radius 2 is 1.63 bits per heavy atom. The van der Waals surface area contributed by atoms with Crippen LogP contribution in [0.5, 0.6) is 17.2 Å². The first kappa shape index (κ1) is 23.3. The zero-order valence-electron chi connectivity index (χ0n) is 17.8. The fourth-order valence-corrected chi connectivity index (χ4v) is 4.21. The number of benzene rings is 2. The minimum Gasteiger partial charge on any atom is -0.497 e. The highest BCUT2D eigenvalue weighted by Crippen LogP contribution is 2.33. The quantitative estimate of drug-likeness (QED) is 0.614. The van der Waals surface area contributed by atoms with E-state index in [0.717, 1.165) is 21.9 Å². The van der Waals surface area contributed by atoms with E-state index < -0.39 is 22.0 Å². The lowest BCUT2D eigenvalue weighted by Gasteiger charge is -2.28. The highest BCUT2D eigenvalue weighted by atomic mass is 32.2. The highest BCUT2D eigenvalue weighted by Gasteiger charge is 2.29. The highest BCUT2D eigenvalue weighted by molar-refractivity contribution is 7.92. The number of sulfonamides is 1. The van der Waals surface area contributed by atoms with E-state index in [0.29, 0.717) is 30.2 Å². The van der Waals surface area contributed by atoms with E-state index in [4.69, 9.17) is 14.2 Å². The predicted molar refractivity (Wildman–Crippen MR) is 116 cm³/mol. The summed E-state index contributed by atoms with van der Waals surface area (Å²) in [7, 11) is 0.821. The van der Waals surface area contributed by atoms with Gasteiger partial charge in [0.25, 0.3) is 0 Å². The van der Waals surface area contributed by atoms with Gasteiger partial charge < -0.3 is 19.5 Å². The average Bonchev–Trinajstić information content (AvgIpc) is 2.73. The van der Waals surface area contributed by atoms with Crippen molar-refractivity contribution >= 4 is 21.6 Å². The molecule has 0 aliphatic carbocycles. The minimum absolute atomic E-state index is 0.313. The van der Waals surface area contributed by atoms with E-state index in [-0.39, 0.29) is 0 Å². The molecule has 0 unspecified atom stereocenters. The maximum Gasteiger partial charge on any atom is 0.243 e. The van der Waals surface area contributed by atoms with Crippen LogP contribution in [0.15, 0.2) is 42.5 Å². The van der Waals surface area contributed by atoms with Crippen LogP contribution in [-0.2, 0) is 21.2 Å². The molecule has 164 valence electrons. The van der Waals surface area contributed by atoms with Crippen LogP contribution in [0.2, 0.25) is 0 Å². The van der Waals surface area contributed by atoms with E-state index in [9.17, 15) is 13.2 Å². The number of hydrogen-bond donors (Lipinski definition) is 1. The molecule has 2 rings (SSSR count). The van der Waals surface area contributed by atoms with Crippen LogP contribution in [0.3, 0.4) is 0 Å². The second-order valence-corrected chi connectivity index (χ2v) is 8.52. The summed E-state index contributed by atoms with van der Waals surface area (Å²) < 4.78 is 41.5. The van der Waals surface area contributed by atoms with Crippen molar-refractivity contribution in [3.63, 3.8) is 0 Å². The van der Waals surface area contributed by atoms with Gasteiger partial charge >= 0.3 is 0 Å². The lowest BCUT2D eigenvalue weighted by molar-refractivity contribution is -0.121. The van der Waals surface area contributed by atoms with Gasteiger partial charge in [0.2, 0.25) is 15.9 Å². The van der Waals surface area contributed by atoms with Crippen LogP contribution in [-0.4, -0.2) is 54.5 Å². The Labute approximate surface area is 177 Å². The molecule has 0 saturated carbocycles. The Morgan fingerprint density at radius 3 is 2.17 bits per heavy atom. The summed E-state index contributed by atoms with van der Waals surface area (Å²) in [5.74, 6) is 1.20. The summed E-state index contributed by atoms with van der Waals surface area (Å²) in [6, 6.07) is 11.3.